The fourth-order valence-corrected chi connectivity index (χ4v) is 1.72. The first-order chi connectivity index (χ1) is 8.29. The lowest BCUT2D eigenvalue weighted by molar-refractivity contribution is 0.373. The number of hydrogen-bond acceptors (Lipinski definition) is 3. The molecule has 17 heavy (non-hydrogen) atoms. The summed E-state index contributed by atoms with van der Waals surface area (Å²) in [5.74, 6) is 0.706. The van der Waals surface area contributed by atoms with Gasteiger partial charge in [0, 0.05) is 12.4 Å². The Morgan fingerprint density at radius 2 is 1.76 bits per heavy atom. The highest BCUT2D eigenvalue weighted by Crippen LogP contribution is 2.26. The van der Waals surface area contributed by atoms with E-state index in [-0.39, 0.29) is 5.75 Å². The van der Waals surface area contributed by atoms with Crippen LogP contribution in [-0.4, -0.2) is 17.2 Å². The van der Waals surface area contributed by atoms with Gasteiger partial charge in [-0.15, -0.1) is 0 Å². The molecule has 0 aliphatic heterocycles. The summed E-state index contributed by atoms with van der Waals surface area (Å²) < 4.78 is 5.08. The topological polar surface area (TPSA) is 42.4 Å². The monoisotopic (exact) mass is 229 g/mol. The second kappa shape index (κ2) is 5.34. The second-order valence-electron chi connectivity index (χ2n) is 3.86. The molecule has 0 aliphatic carbocycles. The highest BCUT2D eigenvalue weighted by atomic mass is 16.5. The van der Waals surface area contributed by atoms with Gasteiger partial charge in [-0.1, -0.05) is 6.07 Å². The van der Waals surface area contributed by atoms with Gasteiger partial charge >= 0.3 is 0 Å². The molecule has 3 nitrogen and oxygen atoms in total. The van der Waals surface area contributed by atoms with Gasteiger partial charge in [0.2, 0.25) is 0 Å². The molecule has 1 aromatic carbocycles. The predicted molar refractivity (Wildman–Crippen MR) is 66.3 cm³/mol. The Morgan fingerprint density at radius 1 is 1.06 bits per heavy atom. The average Bonchev–Trinajstić information content (AvgIpc) is 2.39. The van der Waals surface area contributed by atoms with Crippen LogP contribution in [0, 0.1) is 0 Å². The average molecular weight is 229 g/mol. The summed E-state index contributed by atoms with van der Waals surface area (Å²) >= 11 is 0. The van der Waals surface area contributed by atoms with E-state index in [2.05, 4.69) is 4.98 Å². The van der Waals surface area contributed by atoms with Gasteiger partial charge < -0.3 is 9.84 Å². The van der Waals surface area contributed by atoms with E-state index in [1.54, 1.807) is 25.6 Å². The molecule has 0 unspecified atom stereocenters. The van der Waals surface area contributed by atoms with E-state index in [9.17, 15) is 5.11 Å². The van der Waals surface area contributed by atoms with E-state index in [0.29, 0.717) is 5.75 Å². The summed E-state index contributed by atoms with van der Waals surface area (Å²) in [6.45, 7) is 0. The third kappa shape index (κ3) is 2.97. The fourth-order valence-electron chi connectivity index (χ4n) is 1.72. The van der Waals surface area contributed by atoms with Crippen LogP contribution in [0.4, 0.5) is 0 Å². The first kappa shape index (κ1) is 11.5. The second-order valence-corrected chi connectivity index (χ2v) is 3.86. The standard InChI is InChI=1S/C14H15NO2/c1-17-14-10-12(4-5-13(14)16)3-2-11-6-8-15-9-7-11/h4-10,16H,2-3H2,1H3. The molecule has 3 heteroatoms. The van der Waals surface area contributed by atoms with Crippen LogP contribution >= 0.6 is 0 Å². The zero-order valence-corrected chi connectivity index (χ0v) is 9.76. The Bertz CT molecular complexity index is 483. The van der Waals surface area contributed by atoms with Crippen LogP contribution in [0.5, 0.6) is 11.5 Å². The number of rotatable bonds is 4. The zero-order valence-electron chi connectivity index (χ0n) is 9.76. The van der Waals surface area contributed by atoms with Gasteiger partial charge in [0.1, 0.15) is 0 Å². The molecule has 1 N–H and O–H groups in total. The summed E-state index contributed by atoms with van der Waals surface area (Å²) in [6.07, 6.45) is 5.47. The number of aromatic nitrogens is 1. The van der Waals surface area contributed by atoms with Crippen molar-refractivity contribution in [2.75, 3.05) is 7.11 Å². The highest BCUT2D eigenvalue weighted by molar-refractivity contribution is 5.41. The number of phenolic OH excluding ortho intramolecular Hbond substituents is 1. The maximum atomic E-state index is 9.49. The van der Waals surface area contributed by atoms with Crippen molar-refractivity contribution >= 4 is 0 Å². The maximum Gasteiger partial charge on any atom is 0.160 e. The highest BCUT2D eigenvalue weighted by Gasteiger charge is 2.02. The van der Waals surface area contributed by atoms with Gasteiger partial charge in [-0.25, -0.2) is 0 Å². The van der Waals surface area contributed by atoms with E-state index < -0.39 is 0 Å². The molecule has 0 saturated heterocycles. The summed E-state index contributed by atoms with van der Waals surface area (Å²) in [5.41, 5.74) is 2.41. The van der Waals surface area contributed by atoms with Gasteiger partial charge in [-0.2, -0.15) is 0 Å². The summed E-state index contributed by atoms with van der Waals surface area (Å²) in [6, 6.07) is 9.48. The Kier molecular flexibility index (Phi) is 3.60. The van der Waals surface area contributed by atoms with Gasteiger partial charge in [-0.3, -0.25) is 4.98 Å². The van der Waals surface area contributed by atoms with Crippen molar-refractivity contribution in [3.63, 3.8) is 0 Å². The number of methoxy groups -OCH3 is 1. The quantitative estimate of drug-likeness (QED) is 0.876. The van der Waals surface area contributed by atoms with Crippen molar-refractivity contribution in [1.29, 1.82) is 0 Å². The van der Waals surface area contributed by atoms with Crippen molar-refractivity contribution in [3.8, 4) is 11.5 Å². The van der Waals surface area contributed by atoms with E-state index in [1.807, 2.05) is 24.3 Å². The van der Waals surface area contributed by atoms with E-state index in [0.717, 1.165) is 18.4 Å². The minimum Gasteiger partial charge on any atom is -0.504 e. The van der Waals surface area contributed by atoms with Crippen LogP contribution in [0.1, 0.15) is 11.1 Å². The van der Waals surface area contributed by atoms with Gasteiger partial charge in [0.25, 0.3) is 0 Å². The minimum absolute atomic E-state index is 0.181. The van der Waals surface area contributed by atoms with Crippen molar-refractivity contribution in [2.45, 2.75) is 12.8 Å². The third-order valence-corrected chi connectivity index (χ3v) is 2.70. The molecule has 1 aromatic heterocycles. The van der Waals surface area contributed by atoms with Crippen LogP contribution in [0.2, 0.25) is 0 Å². The lowest BCUT2D eigenvalue weighted by Crippen LogP contribution is -1.93. The first-order valence-corrected chi connectivity index (χ1v) is 5.54. The fraction of sp³-hybridized carbons (Fsp3) is 0.214. The largest absolute Gasteiger partial charge is 0.504 e. The van der Waals surface area contributed by atoms with Crippen LogP contribution in [-0.2, 0) is 12.8 Å². The SMILES string of the molecule is COc1cc(CCc2ccncc2)ccc1O. The smallest absolute Gasteiger partial charge is 0.160 e. The molecule has 0 saturated carbocycles. The molecule has 2 rings (SSSR count). The summed E-state index contributed by atoms with van der Waals surface area (Å²) in [5, 5.41) is 9.49. The number of ether oxygens (including phenoxy) is 1. The normalized spacial score (nSPS) is 10.2. The van der Waals surface area contributed by atoms with Gasteiger partial charge in [0.05, 0.1) is 7.11 Å². The zero-order chi connectivity index (χ0) is 12.1. The number of nitrogens with zero attached hydrogens (tertiary/aromatic N) is 1. The summed E-state index contributed by atoms with van der Waals surface area (Å²) in [7, 11) is 1.56. The number of phenols is 1. The number of benzene rings is 1. The number of aryl methyl sites for hydroxylation is 2. The molecule has 0 spiro atoms. The lowest BCUT2D eigenvalue weighted by Gasteiger charge is -2.06. The van der Waals surface area contributed by atoms with Crippen LogP contribution < -0.4 is 4.74 Å². The molecule has 0 fully saturated rings. The lowest BCUT2D eigenvalue weighted by atomic mass is 10.1. The molecular weight excluding hydrogens is 214 g/mol. The molecule has 1 heterocycles. The first-order valence-electron chi connectivity index (χ1n) is 5.54. The maximum absolute atomic E-state index is 9.49. The van der Waals surface area contributed by atoms with Gasteiger partial charge in [0.15, 0.2) is 11.5 Å². The molecule has 0 aliphatic rings. The number of aromatic hydroxyl groups is 1. The molecule has 2 aromatic rings. The predicted octanol–water partition coefficient (Wildman–Crippen LogP) is 2.58. The third-order valence-electron chi connectivity index (χ3n) is 2.70. The molecule has 0 radical (unpaired) electrons. The molecule has 0 amide bonds. The minimum atomic E-state index is 0.181. The Labute approximate surface area is 101 Å². The molecule has 0 bridgehead atoms. The Balaban J connectivity index is 2.04. The number of pyridine rings is 1. The molecule has 0 atom stereocenters. The van der Waals surface area contributed by atoms with Crippen molar-refractivity contribution < 1.29 is 9.84 Å². The Hall–Kier alpha value is -2.03. The Morgan fingerprint density at radius 3 is 2.47 bits per heavy atom. The van der Waals surface area contributed by atoms with Crippen molar-refractivity contribution in [3.05, 3.63) is 53.9 Å². The van der Waals surface area contributed by atoms with Crippen LogP contribution in [0.15, 0.2) is 42.7 Å². The van der Waals surface area contributed by atoms with E-state index in [4.69, 9.17) is 4.74 Å². The van der Waals surface area contributed by atoms with Crippen molar-refractivity contribution in [1.82, 2.24) is 4.98 Å². The molecule has 88 valence electrons. The van der Waals surface area contributed by atoms with Crippen LogP contribution in [0.3, 0.4) is 0 Å². The summed E-state index contributed by atoms with van der Waals surface area (Å²) in [4.78, 5) is 3.99. The van der Waals surface area contributed by atoms with E-state index in [1.165, 1.54) is 5.56 Å². The van der Waals surface area contributed by atoms with Gasteiger partial charge in [-0.05, 0) is 48.2 Å². The molecular formula is C14H15NO2. The number of hydrogen-bond donors (Lipinski definition) is 1. The van der Waals surface area contributed by atoms with Crippen LogP contribution in [0.25, 0.3) is 0 Å². The van der Waals surface area contributed by atoms with Crippen molar-refractivity contribution in [2.24, 2.45) is 0 Å². The van der Waals surface area contributed by atoms with E-state index >= 15 is 0 Å².